The topological polar surface area (TPSA) is 62.6 Å². The molecule has 2 saturated heterocycles. The number of aromatic nitrogens is 1. The number of likely N-dealkylation sites (tertiary alicyclic amines) is 2. The first-order valence-corrected chi connectivity index (χ1v) is 9.18. The van der Waals surface area contributed by atoms with E-state index >= 15 is 0 Å². The lowest BCUT2D eigenvalue weighted by Crippen LogP contribution is -2.57. The second-order valence-corrected chi connectivity index (χ2v) is 7.60. The van der Waals surface area contributed by atoms with Crippen LogP contribution in [0.4, 0.5) is 0 Å². The van der Waals surface area contributed by atoms with E-state index in [1.807, 2.05) is 9.80 Å². The lowest BCUT2D eigenvalue weighted by molar-refractivity contribution is -0.145. The average Bonchev–Trinajstić information content (AvgIpc) is 2.58. The highest BCUT2D eigenvalue weighted by molar-refractivity contribution is 5.78. The quantitative estimate of drug-likeness (QED) is 0.827. The van der Waals surface area contributed by atoms with Gasteiger partial charge in [0.05, 0.1) is 0 Å². The third kappa shape index (κ3) is 3.94. The number of piperidine rings is 2. The normalized spacial score (nSPS) is 23.7. The van der Waals surface area contributed by atoms with Gasteiger partial charge in [0, 0.05) is 44.4 Å². The lowest BCUT2D eigenvalue weighted by Gasteiger charge is -2.47. The van der Waals surface area contributed by atoms with Crippen LogP contribution in [-0.2, 0) is 16.1 Å². The Morgan fingerprint density at radius 1 is 1.24 bits per heavy atom. The maximum absolute atomic E-state index is 12.6. The monoisotopic (exact) mass is 345 g/mol. The molecule has 3 rings (SSSR count). The average molecular weight is 345 g/mol. The van der Waals surface area contributed by atoms with Gasteiger partial charge < -0.3 is 14.4 Å². The summed E-state index contributed by atoms with van der Waals surface area (Å²) >= 11 is 0. The first kappa shape index (κ1) is 17.7. The van der Waals surface area contributed by atoms with Crippen LogP contribution < -0.4 is 5.56 Å². The summed E-state index contributed by atoms with van der Waals surface area (Å²) in [6, 6.07) is 5.16. The molecule has 2 aliphatic rings. The van der Waals surface area contributed by atoms with Gasteiger partial charge in [-0.1, -0.05) is 19.9 Å². The number of pyridine rings is 1. The summed E-state index contributed by atoms with van der Waals surface area (Å²) in [5, 5.41) is 0. The zero-order chi connectivity index (χ0) is 18.0. The molecule has 0 radical (unpaired) electrons. The molecule has 136 valence electrons. The number of fused-ring (bicyclic) bond motifs is 1. The van der Waals surface area contributed by atoms with Crippen molar-refractivity contribution in [1.82, 2.24) is 14.4 Å². The van der Waals surface area contributed by atoms with Gasteiger partial charge in [0.15, 0.2) is 0 Å². The van der Waals surface area contributed by atoms with Crippen molar-refractivity contribution in [2.24, 2.45) is 11.8 Å². The summed E-state index contributed by atoms with van der Waals surface area (Å²) in [6.07, 6.45) is 3.91. The molecule has 1 aromatic rings. The lowest BCUT2D eigenvalue weighted by atomic mass is 9.83. The zero-order valence-electron chi connectivity index (χ0n) is 15.1. The molecule has 2 amide bonds. The molecule has 25 heavy (non-hydrogen) atoms. The van der Waals surface area contributed by atoms with Gasteiger partial charge in [-0.25, -0.2) is 0 Å². The molecule has 0 aromatic carbocycles. The Kier molecular flexibility index (Phi) is 5.25. The summed E-state index contributed by atoms with van der Waals surface area (Å²) in [5.41, 5.74) is -0.155. The smallest absolute Gasteiger partial charge is 0.250 e. The van der Waals surface area contributed by atoms with Crippen molar-refractivity contribution in [3.05, 3.63) is 34.7 Å². The van der Waals surface area contributed by atoms with Crippen LogP contribution in [0, 0.1) is 11.8 Å². The molecule has 3 heterocycles. The minimum absolute atomic E-state index is 0.0148. The van der Waals surface area contributed by atoms with Crippen molar-refractivity contribution in [2.75, 3.05) is 19.6 Å². The molecule has 6 heteroatoms. The van der Waals surface area contributed by atoms with E-state index in [2.05, 4.69) is 13.8 Å². The van der Waals surface area contributed by atoms with E-state index in [-0.39, 0.29) is 30.0 Å². The van der Waals surface area contributed by atoms with Crippen molar-refractivity contribution < 1.29 is 9.59 Å². The van der Waals surface area contributed by atoms with Gasteiger partial charge in [-0.2, -0.15) is 0 Å². The summed E-state index contributed by atoms with van der Waals surface area (Å²) in [5.74, 6) is 1.04. The summed E-state index contributed by atoms with van der Waals surface area (Å²) in [4.78, 5) is 40.6. The first-order valence-electron chi connectivity index (χ1n) is 9.18. The third-order valence-electron chi connectivity index (χ3n) is 5.26. The second-order valence-electron chi connectivity index (χ2n) is 7.60. The van der Waals surface area contributed by atoms with E-state index < -0.39 is 0 Å². The summed E-state index contributed by atoms with van der Waals surface area (Å²) in [6.45, 7) is 6.50. The fraction of sp³-hybridized carbons (Fsp3) is 0.632. The van der Waals surface area contributed by atoms with Crippen LogP contribution in [0.1, 0.15) is 33.1 Å². The Labute approximate surface area is 148 Å². The number of hydrogen-bond acceptors (Lipinski definition) is 3. The van der Waals surface area contributed by atoms with Crippen molar-refractivity contribution in [2.45, 2.75) is 45.7 Å². The molecule has 2 aliphatic heterocycles. The van der Waals surface area contributed by atoms with Crippen molar-refractivity contribution in [1.29, 1.82) is 0 Å². The number of amides is 2. The number of carbonyl (C=O) groups is 2. The minimum Gasteiger partial charge on any atom is -0.341 e. The summed E-state index contributed by atoms with van der Waals surface area (Å²) < 4.78 is 1.45. The van der Waals surface area contributed by atoms with Gasteiger partial charge in [0.1, 0.15) is 6.54 Å². The number of carbonyl (C=O) groups excluding carboxylic acids is 2. The van der Waals surface area contributed by atoms with E-state index in [4.69, 9.17) is 0 Å². The van der Waals surface area contributed by atoms with Crippen LogP contribution in [0.15, 0.2) is 29.2 Å². The van der Waals surface area contributed by atoms with Crippen LogP contribution in [0.5, 0.6) is 0 Å². The maximum Gasteiger partial charge on any atom is 0.250 e. The molecular weight excluding hydrogens is 318 g/mol. The highest BCUT2D eigenvalue weighted by Gasteiger charge is 2.40. The maximum atomic E-state index is 12.6. The minimum atomic E-state index is -0.155. The van der Waals surface area contributed by atoms with Crippen LogP contribution in [-0.4, -0.2) is 51.9 Å². The highest BCUT2D eigenvalue weighted by Crippen LogP contribution is 2.31. The predicted molar refractivity (Wildman–Crippen MR) is 95.0 cm³/mol. The van der Waals surface area contributed by atoms with Gasteiger partial charge in [0.25, 0.3) is 5.56 Å². The molecule has 0 bridgehead atoms. The van der Waals surface area contributed by atoms with E-state index in [1.54, 1.807) is 18.3 Å². The fourth-order valence-corrected chi connectivity index (χ4v) is 4.05. The Balaban J connectivity index is 1.65. The molecular formula is C19H27N3O3. The molecule has 0 N–H and O–H groups in total. The molecule has 0 spiro atoms. The first-order chi connectivity index (χ1) is 12.0. The number of rotatable bonds is 4. The van der Waals surface area contributed by atoms with E-state index in [1.165, 1.54) is 10.6 Å². The van der Waals surface area contributed by atoms with Gasteiger partial charge in [-0.05, 0) is 30.7 Å². The number of hydrogen-bond donors (Lipinski definition) is 0. The van der Waals surface area contributed by atoms with Gasteiger partial charge >= 0.3 is 0 Å². The van der Waals surface area contributed by atoms with Crippen LogP contribution in [0.25, 0.3) is 0 Å². The zero-order valence-corrected chi connectivity index (χ0v) is 15.1. The standard InChI is InChI=1S/C19H27N3O3/c1-14(2)11-22-16-8-10-21(12-15(16)6-7-18(22)24)19(25)13-20-9-4-3-5-17(20)23/h3-5,9,14-16H,6-8,10-13H2,1-2H3/t15-,16+/m0/s1. The molecule has 2 atom stereocenters. The molecule has 2 fully saturated rings. The molecule has 1 aromatic heterocycles. The number of nitrogens with zero attached hydrogens (tertiary/aromatic N) is 3. The van der Waals surface area contributed by atoms with Crippen LogP contribution in [0.3, 0.4) is 0 Å². The summed E-state index contributed by atoms with van der Waals surface area (Å²) in [7, 11) is 0. The molecule has 0 saturated carbocycles. The van der Waals surface area contributed by atoms with Crippen molar-refractivity contribution >= 4 is 11.8 Å². The van der Waals surface area contributed by atoms with Crippen LogP contribution >= 0.6 is 0 Å². The van der Waals surface area contributed by atoms with E-state index in [0.717, 1.165) is 19.4 Å². The molecule has 0 aliphatic carbocycles. The predicted octanol–water partition coefficient (Wildman–Crippen LogP) is 1.34. The van der Waals surface area contributed by atoms with E-state index in [9.17, 15) is 14.4 Å². The highest BCUT2D eigenvalue weighted by atomic mass is 16.2. The van der Waals surface area contributed by atoms with Gasteiger partial charge in [-0.15, -0.1) is 0 Å². The van der Waals surface area contributed by atoms with Gasteiger partial charge in [-0.3, -0.25) is 14.4 Å². The van der Waals surface area contributed by atoms with Crippen molar-refractivity contribution in [3.63, 3.8) is 0 Å². The third-order valence-corrected chi connectivity index (χ3v) is 5.26. The van der Waals surface area contributed by atoms with E-state index in [0.29, 0.717) is 31.3 Å². The Morgan fingerprint density at radius 3 is 2.76 bits per heavy atom. The largest absolute Gasteiger partial charge is 0.341 e. The fourth-order valence-electron chi connectivity index (χ4n) is 4.05. The second kappa shape index (κ2) is 7.42. The Hall–Kier alpha value is -2.11. The van der Waals surface area contributed by atoms with Crippen molar-refractivity contribution in [3.8, 4) is 0 Å². The molecule has 0 unspecified atom stereocenters. The van der Waals surface area contributed by atoms with Crippen LogP contribution in [0.2, 0.25) is 0 Å². The Morgan fingerprint density at radius 2 is 2.04 bits per heavy atom. The van der Waals surface area contributed by atoms with Gasteiger partial charge in [0.2, 0.25) is 11.8 Å². The SMILES string of the molecule is CC(C)CN1C(=O)CC[C@H]2CN(C(=O)Cn3ccccc3=O)CC[C@H]21. The Bertz CT molecular complexity index is 697. The molecule has 6 nitrogen and oxygen atoms in total.